The Balaban J connectivity index is 1.19. The number of hydrogen-bond donors (Lipinski definition) is 2. The van der Waals surface area contributed by atoms with E-state index in [1.54, 1.807) is 13.8 Å². The van der Waals surface area contributed by atoms with E-state index in [-0.39, 0.29) is 24.2 Å². The maximum atomic E-state index is 18.0. The number of aliphatic hydroxyl groups excluding tert-OH is 2. The lowest BCUT2D eigenvalue weighted by atomic mass is 9.41. The van der Waals surface area contributed by atoms with Gasteiger partial charge in [-0.05, 0) is 70.1 Å². The van der Waals surface area contributed by atoms with Crippen LogP contribution in [-0.4, -0.2) is 81.0 Å². The number of nitrogens with zero attached hydrogens (tertiary/aromatic N) is 2. The number of carbonyl (C=O) groups is 1. The molecule has 4 unspecified atom stereocenters. The molecule has 0 radical (unpaired) electrons. The van der Waals surface area contributed by atoms with E-state index in [0.29, 0.717) is 31.2 Å². The van der Waals surface area contributed by atoms with Gasteiger partial charge in [0.05, 0.1) is 18.2 Å². The maximum absolute atomic E-state index is 18.0. The number of ether oxygens (including phenoxy) is 2. The minimum atomic E-state index is -1.77. The summed E-state index contributed by atoms with van der Waals surface area (Å²) >= 11 is 3.55. The van der Waals surface area contributed by atoms with Crippen molar-refractivity contribution in [2.24, 2.45) is 45.5 Å². The quantitative estimate of drug-likeness (QED) is 0.362. The molecule has 5 fully saturated rings. The smallest absolute Gasteiger partial charge is 0.193 e. The van der Waals surface area contributed by atoms with Gasteiger partial charge >= 0.3 is 0 Å². The highest BCUT2D eigenvalue weighted by Gasteiger charge is 2.80. The predicted molar refractivity (Wildman–Crippen MR) is 147 cm³/mol. The van der Waals surface area contributed by atoms with Crippen molar-refractivity contribution in [3.05, 3.63) is 11.6 Å². The highest BCUT2D eigenvalue weighted by Crippen LogP contribution is 2.73. The Morgan fingerprint density at radius 3 is 2.64 bits per heavy atom. The summed E-state index contributed by atoms with van der Waals surface area (Å²) in [4.78, 5) is 13.4. The number of aliphatic hydroxyl groups is 2. The minimum Gasteiger partial charge on any atom is -0.390 e. The van der Waals surface area contributed by atoms with Gasteiger partial charge in [0.2, 0.25) is 0 Å². The normalized spacial score (nSPS) is 54.4. The van der Waals surface area contributed by atoms with E-state index >= 15 is 4.39 Å². The van der Waals surface area contributed by atoms with Crippen LogP contribution in [0, 0.1) is 40.4 Å². The zero-order chi connectivity index (χ0) is 27.8. The fourth-order valence-electron chi connectivity index (χ4n) is 10.7. The monoisotopic (exact) mass is 608 g/mol. The van der Waals surface area contributed by atoms with Crippen molar-refractivity contribution in [1.82, 2.24) is 5.01 Å². The standard InChI is InChI=1S/C30H42BrFN2O5/c1-26(2)38-25-9-21-20-6-5-19-8-22-18(13-33-34(22)14-17-7-16(17)12-31)10-27(19,3)29(20,32)23(36)11-28(21,4)30(25,39-26)24(37)15-35/h7,13,17-23,25,35-36H,5-6,8-12,14-15H2,1-4H3/t17?,18?,19?,20-,21-,22?,23-,25+,27-,28-,29-,30+/m0/s1. The van der Waals surface area contributed by atoms with Crippen molar-refractivity contribution < 1.29 is 28.9 Å². The van der Waals surface area contributed by atoms with Crippen LogP contribution in [0.15, 0.2) is 16.8 Å². The first-order chi connectivity index (χ1) is 18.3. The first-order valence-corrected chi connectivity index (χ1v) is 15.9. The van der Waals surface area contributed by atoms with Gasteiger partial charge < -0.3 is 19.7 Å². The second kappa shape index (κ2) is 8.36. The first kappa shape index (κ1) is 27.0. The van der Waals surface area contributed by atoms with E-state index in [4.69, 9.17) is 14.6 Å². The molecule has 0 bridgehead atoms. The number of halogens is 2. The highest BCUT2D eigenvalue weighted by atomic mass is 79.9. The molecule has 1 saturated heterocycles. The molecular weight excluding hydrogens is 567 g/mol. The number of hydrazone groups is 1. The molecule has 2 aliphatic heterocycles. The SMILES string of the molecule is CC1(C)O[C@@H]2C[C@H]3[C@@H]4CCC5CC6C(C=NN6CC6C=C6CBr)C[C@]5(C)[C@@]4(F)[C@@H](O)C[C@]3(C)[C@]2(C(=O)CO)O1. The number of hydrogen-bond acceptors (Lipinski definition) is 7. The van der Waals surface area contributed by atoms with Crippen LogP contribution in [0.2, 0.25) is 0 Å². The van der Waals surface area contributed by atoms with Crippen LogP contribution in [0.5, 0.6) is 0 Å². The molecule has 0 aromatic carbocycles. The van der Waals surface area contributed by atoms with Crippen molar-refractivity contribution in [3.63, 3.8) is 0 Å². The minimum absolute atomic E-state index is 0.117. The molecule has 4 saturated carbocycles. The summed E-state index contributed by atoms with van der Waals surface area (Å²) in [5.41, 5.74) is -3.24. The molecule has 0 amide bonds. The number of carbonyl (C=O) groups excluding carboxylic acids is 1. The largest absolute Gasteiger partial charge is 0.390 e. The molecule has 7 aliphatic rings. The van der Waals surface area contributed by atoms with Gasteiger partial charge in [-0.1, -0.05) is 41.4 Å². The summed E-state index contributed by atoms with van der Waals surface area (Å²) in [6, 6.07) is 0.292. The predicted octanol–water partition coefficient (Wildman–Crippen LogP) is 4.00. The molecule has 0 aromatic rings. The molecule has 2 heterocycles. The maximum Gasteiger partial charge on any atom is 0.193 e. The van der Waals surface area contributed by atoms with Crippen LogP contribution in [0.4, 0.5) is 4.39 Å². The fraction of sp³-hybridized carbons (Fsp3) is 0.867. The Kier molecular flexibility index (Phi) is 5.79. The van der Waals surface area contributed by atoms with Gasteiger partial charge in [0.15, 0.2) is 17.2 Å². The van der Waals surface area contributed by atoms with Gasteiger partial charge in [0, 0.05) is 40.8 Å². The number of Topliss-reactive ketones (excluding diaryl/α,β-unsaturated/α-hetero) is 1. The van der Waals surface area contributed by atoms with Gasteiger partial charge in [-0.25, -0.2) is 4.39 Å². The fourth-order valence-corrected chi connectivity index (χ4v) is 11.3. The molecule has 2 N–H and O–H groups in total. The van der Waals surface area contributed by atoms with E-state index in [9.17, 15) is 15.0 Å². The van der Waals surface area contributed by atoms with Gasteiger partial charge in [-0.2, -0.15) is 5.10 Å². The number of alkyl halides is 2. The Hall–Kier alpha value is -0.870. The lowest BCUT2D eigenvalue weighted by Gasteiger charge is -2.66. The number of ketones is 1. The van der Waals surface area contributed by atoms with Gasteiger partial charge in [0.1, 0.15) is 12.3 Å². The molecule has 0 spiro atoms. The van der Waals surface area contributed by atoms with Crippen molar-refractivity contribution in [1.29, 1.82) is 0 Å². The third-order valence-electron chi connectivity index (χ3n) is 12.5. The van der Waals surface area contributed by atoms with Crippen LogP contribution in [0.3, 0.4) is 0 Å². The first-order valence-electron chi connectivity index (χ1n) is 14.8. The van der Waals surface area contributed by atoms with Crippen molar-refractivity contribution in [2.45, 2.75) is 102 Å². The van der Waals surface area contributed by atoms with E-state index in [0.717, 1.165) is 24.7 Å². The molecule has 5 aliphatic carbocycles. The van der Waals surface area contributed by atoms with Gasteiger partial charge in [0.25, 0.3) is 0 Å². The average molecular weight is 610 g/mol. The summed E-state index contributed by atoms with van der Waals surface area (Å²) in [5, 5.41) is 29.8. The Morgan fingerprint density at radius 1 is 1.18 bits per heavy atom. The molecule has 7 rings (SSSR count). The van der Waals surface area contributed by atoms with Gasteiger partial charge in [-0.15, -0.1) is 0 Å². The van der Waals surface area contributed by atoms with Crippen LogP contribution in [0.25, 0.3) is 0 Å². The number of fused-ring (bicyclic) bond motifs is 8. The number of rotatable bonds is 5. The highest BCUT2D eigenvalue weighted by molar-refractivity contribution is 9.09. The summed E-state index contributed by atoms with van der Waals surface area (Å²) in [7, 11) is 0. The van der Waals surface area contributed by atoms with Crippen LogP contribution in [-0.2, 0) is 14.3 Å². The van der Waals surface area contributed by atoms with Crippen LogP contribution >= 0.6 is 15.9 Å². The van der Waals surface area contributed by atoms with Crippen LogP contribution < -0.4 is 0 Å². The molecule has 39 heavy (non-hydrogen) atoms. The molecule has 7 nitrogen and oxygen atoms in total. The van der Waals surface area contributed by atoms with Crippen molar-refractivity contribution >= 4 is 27.9 Å². The van der Waals surface area contributed by atoms with Crippen molar-refractivity contribution in [3.8, 4) is 0 Å². The summed E-state index contributed by atoms with van der Waals surface area (Å²) in [6.45, 7) is 7.85. The summed E-state index contributed by atoms with van der Waals surface area (Å²) in [5.74, 6) is -1.18. The van der Waals surface area contributed by atoms with Crippen LogP contribution in [0.1, 0.15) is 66.2 Å². The second-order valence-electron chi connectivity index (χ2n) is 14.5. The van der Waals surface area contributed by atoms with E-state index in [2.05, 4.69) is 33.9 Å². The Morgan fingerprint density at radius 2 is 1.95 bits per heavy atom. The van der Waals surface area contributed by atoms with Crippen molar-refractivity contribution in [2.75, 3.05) is 18.5 Å². The lowest BCUT2D eigenvalue weighted by Crippen LogP contribution is -2.72. The topological polar surface area (TPSA) is 91.6 Å². The average Bonchev–Trinajstić information content (AvgIpc) is 3.35. The molecule has 216 valence electrons. The molecular formula is C30H42BrFN2O5. The van der Waals surface area contributed by atoms with Gasteiger partial charge in [-0.3, -0.25) is 9.80 Å². The third kappa shape index (κ3) is 3.28. The zero-order valence-corrected chi connectivity index (χ0v) is 25.0. The van der Waals surface area contributed by atoms with E-state index in [1.807, 2.05) is 13.1 Å². The zero-order valence-electron chi connectivity index (χ0n) is 23.4. The second-order valence-corrected chi connectivity index (χ2v) is 15.1. The van der Waals surface area contributed by atoms with E-state index < -0.39 is 58.4 Å². The summed E-state index contributed by atoms with van der Waals surface area (Å²) < 4.78 is 30.7. The molecule has 12 atom stereocenters. The van der Waals surface area contributed by atoms with E-state index in [1.165, 1.54) is 5.57 Å². The lowest BCUT2D eigenvalue weighted by molar-refractivity contribution is -0.273. The molecule has 9 heteroatoms. The third-order valence-corrected chi connectivity index (χ3v) is 13.1. The Bertz CT molecular complexity index is 1150. The summed E-state index contributed by atoms with van der Waals surface area (Å²) in [6.07, 6.45) is 6.29. The molecule has 0 aromatic heterocycles. The Labute approximate surface area is 238 Å².